The maximum absolute atomic E-state index is 4.81. The second-order valence-electron chi connectivity index (χ2n) is 6.45. The number of hydrogen-bond donors (Lipinski definition) is 1. The van der Waals surface area contributed by atoms with Crippen LogP contribution in [0, 0.1) is 6.92 Å². The number of nitrogens with zero attached hydrogens (tertiary/aromatic N) is 3. The van der Waals surface area contributed by atoms with Gasteiger partial charge in [0.05, 0.1) is 22.9 Å². The van der Waals surface area contributed by atoms with E-state index in [-0.39, 0.29) is 0 Å². The largest absolute Gasteiger partial charge is 0.260 e. The van der Waals surface area contributed by atoms with Crippen molar-refractivity contribution in [2.24, 2.45) is 5.10 Å². The van der Waals surface area contributed by atoms with Gasteiger partial charge in [0, 0.05) is 6.42 Å². The summed E-state index contributed by atoms with van der Waals surface area (Å²) in [5.74, 6) is 0.681. The topological polar surface area (TPSA) is 50.2 Å². The van der Waals surface area contributed by atoms with Crippen LogP contribution in [0.1, 0.15) is 22.4 Å². The van der Waals surface area contributed by atoms with E-state index in [1.807, 2.05) is 54.6 Å². The van der Waals surface area contributed by atoms with Crippen LogP contribution in [0.25, 0.3) is 11.0 Å². The molecule has 4 rings (SSSR count). The molecule has 0 amide bonds. The van der Waals surface area contributed by atoms with Crippen LogP contribution in [-0.4, -0.2) is 16.2 Å². The first-order valence-corrected chi connectivity index (χ1v) is 8.93. The first-order chi connectivity index (χ1) is 13.3. The number of fused-ring (bicyclic) bond motifs is 1. The van der Waals surface area contributed by atoms with Gasteiger partial charge in [-0.25, -0.2) is 9.97 Å². The Labute approximate surface area is 158 Å². The van der Waals surface area contributed by atoms with E-state index >= 15 is 0 Å². The van der Waals surface area contributed by atoms with Gasteiger partial charge in [-0.15, -0.1) is 0 Å². The van der Waals surface area contributed by atoms with Gasteiger partial charge in [-0.2, -0.15) is 5.10 Å². The SMILES string of the molecule is Cc1ccc(C=NNc2nc3ccccc3nc2Cc2ccccc2)cc1. The fourth-order valence-corrected chi connectivity index (χ4v) is 2.86. The van der Waals surface area contributed by atoms with Crippen LogP contribution in [0.4, 0.5) is 5.82 Å². The van der Waals surface area contributed by atoms with Gasteiger partial charge in [-0.05, 0) is 30.2 Å². The summed E-state index contributed by atoms with van der Waals surface area (Å²) in [4.78, 5) is 9.54. The molecule has 4 aromatic rings. The number of anilines is 1. The van der Waals surface area contributed by atoms with Crippen LogP contribution >= 0.6 is 0 Å². The molecule has 0 spiro atoms. The molecule has 0 atom stereocenters. The highest BCUT2D eigenvalue weighted by Gasteiger charge is 2.09. The molecule has 0 aliphatic heterocycles. The highest BCUT2D eigenvalue weighted by Crippen LogP contribution is 2.20. The predicted molar refractivity (Wildman–Crippen MR) is 111 cm³/mol. The minimum atomic E-state index is 0.681. The van der Waals surface area contributed by atoms with E-state index in [1.54, 1.807) is 6.21 Å². The molecule has 0 saturated heterocycles. The van der Waals surface area contributed by atoms with Crippen LogP contribution in [-0.2, 0) is 6.42 Å². The summed E-state index contributed by atoms with van der Waals surface area (Å²) >= 11 is 0. The first kappa shape index (κ1) is 16.9. The fraction of sp³-hybridized carbons (Fsp3) is 0.0870. The standard InChI is InChI=1S/C23H20N4/c1-17-11-13-19(14-12-17)16-24-27-23-22(15-18-7-3-2-4-8-18)25-20-9-5-6-10-21(20)26-23/h2-14,16H,15H2,1H3,(H,26,27). The maximum atomic E-state index is 4.81. The average Bonchev–Trinajstić information content (AvgIpc) is 2.70. The zero-order chi connectivity index (χ0) is 18.5. The van der Waals surface area contributed by atoms with Gasteiger partial charge in [0.2, 0.25) is 0 Å². The Morgan fingerprint density at radius 2 is 1.48 bits per heavy atom. The molecule has 0 fully saturated rings. The fourth-order valence-electron chi connectivity index (χ4n) is 2.86. The summed E-state index contributed by atoms with van der Waals surface area (Å²) in [5, 5.41) is 4.37. The first-order valence-electron chi connectivity index (χ1n) is 8.93. The zero-order valence-electron chi connectivity index (χ0n) is 15.1. The van der Waals surface area contributed by atoms with Crippen molar-refractivity contribution >= 4 is 23.1 Å². The van der Waals surface area contributed by atoms with E-state index in [2.05, 4.69) is 41.7 Å². The van der Waals surface area contributed by atoms with Gasteiger partial charge >= 0.3 is 0 Å². The molecule has 0 unspecified atom stereocenters. The lowest BCUT2D eigenvalue weighted by atomic mass is 10.1. The molecule has 4 heteroatoms. The molecule has 1 aromatic heterocycles. The summed E-state index contributed by atoms with van der Waals surface area (Å²) in [6.07, 6.45) is 2.49. The van der Waals surface area contributed by atoms with Crippen LogP contribution in [0.3, 0.4) is 0 Å². The van der Waals surface area contributed by atoms with Crippen molar-refractivity contribution in [3.8, 4) is 0 Å². The second kappa shape index (κ2) is 7.79. The lowest BCUT2D eigenvalue weighted by molar-refractivity contribution is 1.06. The van der Waals surface area contributed by atoms with Gasteiger partial charge in [-0.3, -0.25) is 5.43 Å². The maximum Gasteiger partial charge on any atom is 0.169 e. The third-order valence-electron chi connectivity index (χ3n) is 4.32. The Morgan fingerprint density at radius 1 is 0.815 bits per heavy atom. The van der Waals surface area contributed by atoms with Gasteiger partial charge < -0.3 is 0 Å². The number of para-hydroxylation sites is 2. The van der Waals surface area contributed by atoms with Crippen molar-refractivity contribution in [2.75, 3.05) is 5.43 Å². The quantitative estimate of drug-likeness (QED) is 0.407. The number of aromatic nitrogens is 2. The molecule has 4 nitrogen and oxygen atoms in total. The number of hydrogen-bond acceptors (Lipinski definition) is 4. The molecular formula is C23H20N4. The van der Waals surface area contributed by atoms with Crippen molar-refractivity contribution in [1.82, 2.24) is 9.97 Å². The summed E-state index contributed by atoms with van der Waals surface area (Å²) in [7, 11) is 0. The van der Waals surface area contributed by atoms with Gasteiger partial charge in [0.15, 0.2) is 5.82 Å². The smallest absolute Gasteiger partial charge is 0.169 e. The van der Waals surface area contributed by atoms with Crippen LogP contribution in [0.2, 0.25) is 0 Å². The second-order valence-corrected chi connectivity index (χ2v) is 6.45. The van der Waals surface area contributed by atoms with Gasteiger partial charge in [0.25, 0.3) is 0 Å². The Morgan fingerprint density at radius 3 is 2.22 bits per heavy atom. The van der Waals surface area contributed by atoms with Crippen molar-refractivity contribution < 1.29 is 0 Å². The van der Waals surface area contributed by atoms with E-state index in [9.17, 15) is 0 Å². The molecule has 0 saturated carbocycles. The Balaban J connectivity index is 1.64. The van der Waals surface area contributed by atoms with E-state index < -0.39 is 0 Å². The van der Waals surface area contributed by atoms with E-state index in [0.29, 0.717) is 12.2 Å². The summed E-state index contributed by atoms with van der Waals surface area (Å²) in [6.45, 7) is 2.07. The Kier molecular flexibility index (Phi) is 4.88. The molecule has 0 bridgehead atoms. The highest BCUT2D eigenvalue weighted by atomic mass is 15.3. The van der Waals surface area contributed by atoms with Crippen molar-refractivity contribution in [2.45, 2.75) is 13.3 Å². The Bertz CT molecular complexity index is 1070. The van der Waals surface area contributed by atoms with Crippen molar-refractivity contribution in [3.63, 3.8) is 0 Å². The Hall–Kier alpha value is -3.53. The third-order valence-corrected chi connectivity index (χ3v) is 4.32. The number of hydrazone groups is 1. The van der Waals surface area contributed by atoms with E-state index in [1.165, 1.54) is 11.1 Å². The van der Waals surface area contributed by atoms with Crippen LogP contribution < -0.4 is 5.43 Å². The summed E-state index contributed by atoms with van der Waals surface area (Å²) < 4.78 is 0. The monoisotopic (exact) mass is 352 g/mol. The average molecular weight is 352 g/mol. The highest BCUT2D eigenvalue weighted by molar-refractivity contribution is 5.81. The molecular weight excluding hydrogens is 332 g/mol. The summed E-state index contributed by atoms with van der Waals surface area (Å²) in [6, 6.07) is 26.4. The molecule has 27 heavy (non-hydrogen) atoms. The molecule has 0 radical (unpaired) electrons. The number of benzene rings is 3. The lowest BCUT2D eigenvalue weighted by Crippen LogP contribution is -2.03. The van der Waals surface area contributed by atoms with E-state index in [4.69, 9.17) is 9.97 Å². The van der Waals surface area contributed by atoms with Crippen LogP contribution in [0.15, 0.2) is 84.0 Å². The molecule has 1 N–H and O–H groups in total. The normalized spacial score (nSPS) is 11.1. The minimum absolute atomic E-state index is 0.681. The zero-order valence-corrected chi connectivity index (χ0v) is 15.1. The van der Waals surface area contributed by atoms with Gasteiger partial charge in [-0.1, -0.05) is 72.3 Å². The molecule has 3 aromatic carbocycles. The summed E-state index contributed by atoms with van der Waals surface area (Å²) in [5.41, 5.74) is 9.14. The van der Waals surface area contributed by atoms with E-state index in [0.717, 1.165) is 22.3 Å². The lowest BCUT2D eigenvalue weighted by Gasteiger charge is -2.09. The number of aryl methyl sites for hydroxylation is 1. The molecule has 0 aliphatic rings. The molecule has 1 heterocycles. The molecule has 0 aliphatic carbocycles. The van der Waals surface area contributed by atoms with Crippen molar-refractivity contribution in [1.29, 1.82) is 0 Å². The number of nitrogens with one attached hydrogen (secondary N) is 1. The minimum Gasteiger partial charge on any atom is -0.260 e. The predicted octanol–water partition coefficient (Wildman–Crippen LogP) is 4.98. The third kappa shape index (κ3) is 4.18. The molecule has 132 valence electrons. The van der Waals surface area contributed by atoms with Crippen molar-refractivity contribution in [3.05, 3.63) is 101 Å². The number of rotatable bonds is 5. The van der Waals surface area contributed by atoms with Gasteiger partial charge in [0.1, 0.15) is 0 Å². The van der Waals surface area contributed by atoms with Crippen LogP contribution in [0.5, 0.6) is 0 Å².